The number of ether oxygens (including phenoxy) is 1. The fourth-order valence-electron chi connectivity index (χ4n) is 4.86. The van der Waals surface area contributed by atoms with Gasteiger partial charge in [0.15, 0.2) is 0 Å². The van der Waals surface area contributed by atoms with Crippen molar-refractivity contribution in [1.29, 1.82) is 0 Å². The molecule has 3 amide bonds. The highest BCUT2D eigenvalue weighted by molar-refractivity contribution is 5.93. The van der Waals surface area contributed by atoms with Gasteiger partial charge < -0.3 is 25.1 Å². The van der Waals surface area contributed by atoms with E-state index in [2.05, 4.69) is 10.6 Å². The van der Waals surface area contributed by atoms with E-state index >= 15 is 0 Å². The summed E-state index contributed by atoms with van der Waals surface area (Å²) >= 11 is 0. The quantitative estimate of drug-likeness (QED) is 0.579. The summed E-state index contributed by atoms with van der Waals surface area (Å²) in [7, 11) is 0. The first-order valence-electron chi connectivity index (χ1n) is 11.8. The van der Waals surface area contributed by atoms with Crippen LogP contribution in [0.4, 0.5) is 4.79 Å². The maximum absolute atomic E-state index is 13.7. The van der Waals surface area contributed by atoms with E-state index < -0.39 is 35.2 Å². The zero-order chi connectivity index (χ0) is 24.3. The molecule has 1 aliphatic carbocycles. The predicted molar refractivity (Wildman–Crippen MR) is 122 cm³/mol. The minimum absolute atomic E-state index is 0.0787. The van der Waals surface area contributed by atoms with E-state index in [0.717, 1.165) is 32.0 Å². The number of aldehydes is 1. The van der Waals surface area contributed by atoms with Crippen LogP contribution in [-0.4, -0.2) is 59.4 Å². The molecule has 1 heterocycles. The second kappa shape index (κ2) is 10.2. The molecule has 2 aliphatic rings. The Hall–Kier alpha value is -2.12. The molecule has 0 bridgehead atoms. The highest BCUT2D eigenvalue weighted by Gasteiger charge is 2.52. The van der Waals surface area contributed by atoms with Gasteiger partial charge in [0.05, 0.1) is 6.04 Å². The van der Waals surface area contributed by atoms with E-state index in [1.54, 1.807) is 25.7 Å². The third kappa shape index (κ3) is 6.45. The molecule has 1 saturated heterocycles. The molecule has 5 unspecified atom stereocenters. The van der Waals surface area contributed by atoms with Crippen molar-refractivity contribution < 1.29 is 23.9 Å². The standard InChI is InChI=1S/C24H41N3O5/c1-8-10-16(14-28)25-20(29)18-17-12-9-11-15(17)13-27(18)21(30)19(23(2,3)4)26-22(31)32-24(5,6)7/h14-19H,8-13H2,1-7H3,(H,25,29)(H,26,31). The van der Waals surface area contributed by atoms with Crippen LogP contribution in [0.25, 0.3) is 0 Å². The van der Waals surface area contributed by atoms with Gasteiger partial charge in [-0.2, -0.15) is 0 Å². The lowest BCUT2D eigenvalue weighted by Crippen LogP contribution is -2.59. The first-order valence-corrected chi connectivity index (χ1v) is 11.8. The average Bonchev–Trinajstić information content (AvgIpc) is 3.23. The summed E-state index contributed by atoms with van der Waals surface area (Å²) in [5.74, 6) is -0.216. The summed E-state index contributed by atoms with van der Waals surface area (Å²) in [6, 6.07) is -2.02. The summed E-state index contributed by atoms with van der Waals surface area (Å²) in [6.07, 6.45) is 4.33. The maximum atomic E-state index is 13.7. The summed E-state index contributed by atoms with van der Waals surface area (Å²) in [4.78, 5) is 52.5. The van der Waals surface area contributed by atoms with Gasteiger partial charge in [-0.1, -0.05) is 40.5 Å². The third-order valence-electron chi connectivity index (χ3n) is 6.31. The van der Waals surface area contributed by atoms with Gasteiger partial charge in [-0.05, 0) is 57.3 Å². The van der Waals surface area contributed by atoms with E-state index in [4.69, 9.17) is 4.74 Å². The molecule has 32 heavy (non-hydrogen) atoms. The van der Waals surface area contributed by atoms with Crippen molar-refractivity contribution >= 4 is 24.2 Å². The number of nitrogens with one attached hydrogen (secondary N) is 2. The van der Waals surface area contributed by atoms with E-state index in [9.17, 15) is 19.2 Å². The monoisotopic (exact) mass is 451 g/mol. The lowest BCUT2D eigenvalue weighted by atomic mass is 9.85. The maximum Gasteiger partial charge on any atom is 0.408 e. The molecule has 0 aromatic heterocycles. The number of likely N-dealkylation sites (tertiary alicyclic amines) is 1. The molecule has 2 rings (SSSR count). The van der Waals surface area contributed by atoms with E-state index in [-0.39, 0.29) is 23.7 Å². The molecular formula is C24H41N3O5. The van der Waals surface area contributed by atoms with E-state index in [0.29, 0.717) is 13.0 Å². The van der Waals surface area contributed by atoms with Crippen molar-refractivity contribution in [3.8, 4) is 0 Å². The Labute approximate surface area is 192 Å². The molecule has 8 nitrogen and oxygen atoms in total. The molecule has 8 heteroatoms. The summed E-state index contributed by atoms with van der Waals surface area (Å²) < 4.78 is 5.38. The van der Waals surface area contributed by atoms with Crippen LogP contribution in [0.5, 0.6) is 0 Å². The van der Waals surface area contributed by atoms with Gasteiger partial charge in [-0.15, -0.1) is 0 Å². The van der Waals surface area contributed by atoms with Crippen molar-refractivity contribution in [2.75, 3.05) is 6.54 Å². The Morgan fingerprint density at radius 3 is 2.28 bits per heavy atom. The van der Waals surface area contributed by atoms with Gasteiger partial charge in [0.25, 0.3) is 0 Å². The van der Waals surface area contributed by atoms with Crippen molar-refractivity contribution in [2.24, 2.45) is 17.3 Å². The molecule has 0 aromatic rings. The van der Waals surface area contributed by atoms with Gasteiger partial charge in [0, 0.05) is 6.54 Å². The third-order valence-corrected chi connectivity index (χ3v) is 6.31. The molecule has 5 atom stereocenters. The van der Waals surface area contributed by atoms with Crippen molar-refractivity contribution in [1.82, 2.24) is 15.5 Å². The van der Waals surface area contributed by atoms with Gasteiger partial charge in [-0.25, -0.2) is 4.79 Å². The first-order chi connectivity index (χ1) is 14.8. The fraction of sp³-hybridized carbons (Fsp3) is 0.833. The number of carbonyl (C=O) groups is 4. The number of rotatable bonds is 7. The first kappa shape index (κ1) is 26.1. The zero-order valence-electron chi connectivity index (χ0n) is 20.7. The van der Waals surface area contributed by atoms with Crippen LogP contribution in [0.3, 0.4) is 0 Å². The normalized spacial score (nSPS) is 25.0. The lowest BCUT2D eigenvalue weighted by Gasteiger charge is -2.36. The lowest BCUT2D eigenvalue weighted by molar-refractivity contribution is -0.143. The van der Waals surface area contributed by atoms with E-state index in [1.807, 2.05) is 27.7 Å². The van der Waals surface area contributed by atoms with Gasteiger partial charge in [0.2, 0.25) is 11.8 Å². The van der Waals surface area contributed by atoms with E-state index in [1.165, 1.54) is 0 Å². The number of alkyl carbamates (subject to hydrolysis) is 1. The van der Waals surface area contributed by atoms with Gasteiger partial charge in [-0.3, -0.25) is 9.59 Å². The summed E-state index contributed by atoms with van der Waals surface area (Å²) in [5.41, 5.74) is -1.27. The van der Waals surface area contributed by atoms with Crippen molar-refractivity contribution in [2.45, 2.75) is 104 Å². The zero-order valence-corrected chi connectivity index (χ0v) is 20.7. The topological polar surface area (TPSA) is 105 Å². The number of carbonyl (C=O) groups excluding carboxylic acids is 4. The number of nitrogens with zero attached hydrogens (tertiary/aromatic N) is 1. The summed E-state index contributed by atoms with van der Waals surface area (Å²) in [5, 5.41) is 5.59. The molecular weight excluding hydrogens is 410 g/mol. The summed E-state index contributed by atoms with van der Waals surface area (Å²) in [6.45, 7) is 13.4. The van der Waals surface area contributed by atoms with Crippen LogP contribution >= 0.6 is 0 Å². The number of hydrogen-bond acceptors (Lipinski definition) is 5. The van der Waals surface area contributed by atoms with Crippen LogP contribution in [-0.2, 0) is 19.1 Å². The van der Waals surface area contributed by atoms with Crippen molar-refractivity contribution in [3.05, 3.63) is 0 Å². The molecule has 0 aromatic carbocycles. The van der Waals surface area contributed by atoms with Crippen molar-refractivity contribution in [3.63, 3.8) is 0 Å². The molecule has 0 spiro atoms. The van der Waals surface area contributed by atoms with Gasteiger partial charge in [0.1, 0.15) is 24.0 Å². The second-order valence-corrected chi connectivity index (χ2v) is 11.3. The Bertz CT molecular complexity index is 709. The Kier molecular flexibility index (Phi) is 8.34. The Morgan fingerprint density at radius 2 is 1.75 bits per heavy atom. The Balaban J connectivity index is 2.27. The van der Waals surface area contributed by atoms with Crippen LogP contribution in [0.2, 0.25) is 0 Å². The Morgan fingerprint density at radius 1 is 1.09 bits per heavy atom. The van der Waals surface area contributed by atoms with Crippen LogP contribution in [0, 0.1) is 17.3 Å². The molecule has 2 N–H and O–H groups in total. The second-order valence-electron chi connectivity index (χ2n) is 11.3. The average molecular weight is 452 g/mol. The number of amides is 3. The van der Waals surface area contributed by atoms with Gasteiger partial charge >= 0.3 is 6.09 Å². The highest BCUT2D eigenvalue weighted by Crippen LogP contribution is 2.43. The fourth-order valence-corrected chi connectivity index (χ4v) is 4.86. The van der Waals surface area contributed by atoms with Crippen LogP contribution < -0.4 is 10.6 Å². The molecule has 182 valence electrons. The van der Waals surface area contributed by atoms with Crippen LogP contribution in [0.1, 0.15) is 80.6 Å². The largest absolute Gasteiger partial charge is 0.444 e. The smallest absolute Gasteiger partial charge is 0.408 e. The molecule has 2 fully saturated rings. The predicted octanol–water partition coefficient (Wildman–Crippen LogP) is 3.04. The highest BCUT2D eigenvalue weighted by atomic mass is 16.6. The molecule has 1 saturated carbocycles. The number of hydrogen-bond donors (Lipinski definition) is 2. The van der Waals surface area contributed by atoms with Crippen LogP contribution in [0.15, 0.2) is 0 Å². The SMILES string of the molecule is CCCC(C=O)NC(=O)C1C2CCCC2CN1C(=O)C(NC(=O)OC(C)(C)C)C(C)(C)C. The number of fused-ring (bicyclic) bond motifs is 1. The minimum atomic E-state index is -0.844. The molecule has 1 aliphatic heterocycles. The minimum Gasteiger partial charge on any atom is -0.444 e. The molecule has 0 radical (unpaired) electrons.